The van der Waals surface area contributed by atoms with E-state index in [-0.39, 0.29) is 17.9 Å². The van der Waals surface area contributed by atoms with Crippen LogP contribution in [-0.2, 0) is 5.41 Å². The van der Waals surface area contributed by atoms with Crippen molar-refractivity contribution in [1.82, 2.24) is 10.6 Å². The molecule has 2 aromatic rings. The Kier molecular flexibility index (Phi) is 8.33. The largest absolute Gasteiger partial charge is 0.497 e. The fraction of sp³-hybridized carbons (Fsp3) is 0.435. The van der Waals surface area contributed by atoms with E-state index in [1.807, 2.05) is 49.4 Å². The van der Waals surface area contributed by atoms with Gasteiger partial charge in [0.15, 0.2) is 5.96 Å². The molecule has 0 saturated carbocycles. The van der Waals surface area contributed by atoms with Gasteiger partial charge in [-0.25, -0.2) is 0 Å². The Morgan fingerprint density at radius 1 is 1.11 bits per heavy atom. The van der Waals surface area contributed by atoms with Crippen molar-refractivity contribution < 1.29 is 9.84 Å². The van der Waals surface area contributed by atoms with E-state index >= 15 is 0 Å². The molecule has 0 bridgehead atoms. The van der Waals surface area contributed by atoms with Gasteiger partial charge in [0.05, 0.1) is 20.3 Å². The molecule has 0 amide bonds. The van der Waals surface area contributed by atoms with E-state index < -0.39 is 0 Å². The van der Waals surface area contributed by atoms with E-state index in [9.17, 15) is 5.11 Å². The second-order valence-corrected chi connectivity index (χ2v) is 7.48. The number of aliphatic hydroxyl groups excluding tert-OH is 1. The molecule has 0 heterocycles. The second-order valence-electron chi connectivity index (χ2n) is 7.48. The number of nitrogens with zero attached hydrogens (tertiary/aromatic N) is 1. The Bertz CT molecular complexity index is 745. The average molecular weight is 384 g/mol. The van der Waals surface area contributed by atoms with Crippen LogP contribution in [-0.4, -0.2) is 44.4 Å². The maximum atomic E-state index is 9.77. The molecule has 0 radical (unpaired) electrons. The summed E-state index contributed by atoms with van der Waals surface area (Å²) in [6, 6.07) is 18.2. The van der Waals surface area contributed by atoms with Crippen LogP contribution in [0.4, 0.5) is 0 Å². The van der Waals surface area contributed by atoms with Crippen molar-refractivity contribution in [2.45, 2.75) is 32.1 Å². The monoisotopic (exact) mass is 383 g/mol. The van der Waals surface area contributed by atoms with Gasteiger partial charge >= 0.3 is 0 Å². The number of methoxy groups -OCH3 is 1. The molecule has 0 fully saturated rings. The summed E-state index contributed by atoms with van der Waals surface area (Å²) < 4.78 is 5.35. The van der Waals surface area contributed by atoms with E-state index in [0.717, 1.165) is 23.8 Å². The fourth-order valence-corrected chi connectivity index (χ4v) is 2.99. The zero-order valence-electron chi connectivity index (χ0n) is 17.4. The van der Waals surface area contributed by atoms with Gasteiger partial charge in [-0.05, 0) is 30.2 Å². The van der Waals surface area contributed by atoms with Crippen molar-refractivity contribution in [2.24, 2.45) is 4.99 Å². The molecule has 0 aliphatic rings. The first kappa shape index (κ1) is 21.8. The van der Waals surface area contributed by atoms with E-state index in [4.69, 9.17) is 9.73 Å². The van der Waals surface area contributed by atoms with Gasteiger partial charge in [0.1, 0.15) is 5.75 Å². The summed E-state index contributed by atoms with van der Waals surface area (Å²) >= 11 is 0. The zero-order chi connectivity index (χ0) is 20.4. The third kappa shape index (κ3) is 6.27. The molecule has 152 valence electrons. The van der Waals surface area contributed by atoms with Crippen LogP contribution in [0.15, 0.2) is 59.6 Å². The summed E-state index contributed by atoms with van der Waals surface area (Å²) in [5.41, 5.74) is 2.17. The first-order chi connectivity index (χ1) is 13.5. The number of benzene rings is 2. The molecular formula is C23H33N3O2. The first-order valence-corrected chi connectivity index (χ1v) is 9.82. The van der Waals surface area contributed by atoms with Gasteiger partial charge in [-0.2, -0.15) is 0 Å². The molecule has 0 aliphatic carbocycles. The molecule has 28 heavy (non-hydrogen) atoms. The lowest BCUT2D eigenvalue weighted by Gasteiger charge is -2.25. The summed E-state index contributed by atoms with van der Waals surface area (Å²) in [4.78, 5) is 4.79. The molecule has 1 atom stereocenters. The Morgan fingerprint density at radius 2 is 1.86 bits per heavy atom. The van der Waals surface area contributed by atoms with Crippen molar-refractivity contribution in [1.29, 1.82) is 0 Å². The summed E-state index contributed by atoms with van der Waals surface area (Å²) in [5.74, 6) is 1.64. The van der Waals surface area contributed by atoms with Gasteiger partial charge in [0.25, 0.3) is 0 Å². The second kappa shape index (κ2) is 10.7. The first-order valence-electron chi connectivity index (χ1n) is 9.82. The highest BCUT2D eigenvalue weighted by molar-refractivity contribution is 5.79. The molecule has 2 aromatic carbocycles. The van der Waals surface area contributed by atoms with Crippen LogP contribution < -0.4 is 15.4 Å². The van der Waals surface area contributed by atoms with Crippen molar-refractivity contribution in [3.63, 3.8) is 0 Å². The Morgan fingerprint density at radius 3 is 2.50 bits per heavy atom. The predicted molar refractivity (Wildman–Crippen MR) is 116 cm³/mol. The normalized spacial score (nSPS) is 13.1. The molecule has 0 aliphatic heterocycles. The van der Waals surface area contributed by atoms with Crippen molar-refractivity contribution in [3.8, 4) is 5.75 Å². The number of aliphatic hydroxyl groups is 1. The number of hydrogen-bond acceptors (Lipinski definition) is 3. The van der Waals surface area contributed by atoms with Crippen molar-refractivity contribution >= 4 is 5.96 Å². The Labute approximate surface area is 168 Å². The molecule has 3 N–H and O–H groups in total. The summed E-state index contributed by atoms with van der Waals surface area (Å²) in [5, 5.41) is 16.4. The van der Waals surface area contributed by atoms with Gasteiger partial charge < -0.3 is 20.5 Å². The SMILES string of the molecule is CCNC(=NCC(C)(C)c1cccc(OC)c1)NCC(CO)c1ccccc1. The smallest absolute Gasteiger partial charge is 0.191 e. The molecular weight excluding hydrogens is 350 g/mol. The van der Waals surface area contributed by atoms with Gasteiger partial charge in [-0.15, -0.1) is 0 Å². The molecule has 0 aromatic heterocycles. The van der Waals surface area contributed by atoms with Crippen molar-refractivity contribution in [3.05, 3.63) is 65.7 Å². The lowest BCUT2D eigenvalue weighted by Crippen LogP contribution is -2.40. The summed E-state index contributed by atoms with van der Waals surface area (Å²) in [7, 11) is 1.68. The Hall–Kier alpha value is -2.53. The molecule has 5 heteroatoms. The van der Waals surface area contributed by atoms with E-state index in [1.165, 1.54) is 5.56 Å². The maximum Gasteiger partial charge on any atom is 0.191 e. The minimum absolute atomic E-state index is 0.0245. The van der Waals surface area contributed by atoms with E-state index in [2.05, 4.69) is 36.6 Å². The van der Waals surface area contributed by atoms with Crippen LogP contribution >= 0.6 is 0 Å². The van der Waals surface area contributed by atoms with Crippen LogP contribution in [0.2, 0.25) is 0 Å². The molecule has 0 saturated heterocycles. The van der Waals surface area contributed by atoms with Crippen LogP contribution in [0.5, 0.6) is 5.75 Å². The standard InChI is InChI=1S/C23H33N3O2/c1-5-24-22(25-15-19(16-27)18-10-7-6-8-11-18)26-17-23(2,3)20-12-9-13-21(14-20)28-4/h6-14,19,27H,5,15-17H2,1-4H3,(H2,24,25,26). The van der Waals surface area contributed by atoms with Gasteiger partial charge in [-0.1, -0.05) is 56.3 Å². The highest BCUT2D eigenvalue weighted by Crippen LogP contribution is 2.26. The molecule has 2 rings (SSSR count). The van der Waals surface area contributed by atoms with Gasteiger partial charge in [0.2, 0.25) is 0 Å². The topological polar surface area (TPSA) is 65.9 Å². The summed E-state index contributed by atoms with van der Waals surface area (Å²) in [6.07, 6.45) is 0. The zero-order valence-corrected chi connectivity index (χ0v) is 17.4. The van der Waals surface area contributed by atoms with Crippen LogP contribution in [0.3, 0.4) is 0 Å². The highest BCUT2D eigenvalue weighted by atomic mass is 16.5. The lowest BCUT2D eigenvalue weighted by molar-refractivity contribution is 0.265. The number of nitrogens with one attached hydrogen (secondary N) is 2. The van der Waals surface area contributed by atoms with Crippen LogP contribution in [0, 0.1) is 0 Å². The number of hydrogen-bond donors (Lipinski definition) is 3. The average Bonchev–Trinajstić information content (AvgIpc) is 2.73. The van der Waals surface area contributed by atoms with E-state index in [0.29, 0.717) is 13.1 Å². The van der Waals surface area contributed by atoms with Gasteiger partial charge in [0, 0.05) is 24.4 Å². The molecule has 0 spiro atoms. The Balaban J connectivity index is 2.06. The van der Waals surface area contributed by atoms with Crippen LogP contribution in [0.1, 0.15) is 37.8 Å². The number of ether oxygens (including phenoxy) is 1. The number of guanidine groups is 1. The van der Waals surface area contributed by atoms with Crippen LogP contribution in [0.25, 0.3) is 0 Å². The molecule has 1 unspecified atom stereocenters. The fourth-order valence-electron chi connectivity index (χ4n) is 2.99. The highest BCUT2D eigenvalue weighted by Gasteiger charge is 2.21. The van der Waals surface area contributed by atoms with Crippen molar-refractivity contribution in [2.75, 3.05) is 33.4 Å². The number of aliphatic imine (C=N–C) groups is 1. The predicted octanol–water partition coefficient (Wildman–Crippen LogP) is 3.30. The third-order valence-electron chi connectivity index (χ3n) is 4.84. The quantitative estimate of drug-likeness (QED) is 0.459. The maximum absolute atomic E-state index is 9.77. The lowest BCUT2D eigenvalue weighted by atomic mass is 9.85. The summed E-state index contributed by atoms with van der Waals surface area (Å²) in [6.45, 7) is 8.51. The molecule has 5 nitrogen and oxygen atoms in total. The number of rotatable bonds is 9. The third-order valence-corrected chi connectivity index (χ3v) is 4.84. The minimum atomic E-state index is -0.132. The minimum Gasteiger partial charge on any atom is -0.497 e. The van der Waals surface area contributed by atoms with E-state index in [1.54, 1.807) is 7.11 Å². The van der Waals surface area contributed by atoms with Gasteiger partial charge in [-0.3, -0.25) is 4.99 Å².